The van der Waals surface area contributed by atoms with E-state index in [-0.39, 0.29) is 17.2 Å². The van der Waals surface area contributed by atoms with Gasteiger partial charge in [-0.05, 0) is 46.9 Å². The highest BCUT2D eigenvalue weighted by molar-refractivity contribution is 14.1. The van der Waals surface area contributed by atoms with Crippen LogP contribution in [0.15, 0.2) is 42.5 Å². The van der Waals surface area contributed by atoms with E-state index in [0.717, 1.165) is 3.57 Å². The largest absolute Gasteiger partial charge is 0.378 e. The number of anilines is 2. The summed E-state index contributed by atoms with van der Waals surface area (Å²) < 4.78 is 6.18. The monoisotopic (exact) mass is 453 g/mol. The summed E-state index contributed by atoms with van der Waals surface area (Å²) in [5.41, 5.74) is 1.37. The summed E-state index contributed by atoms with van der Waals surface area (Å²) in [6, 6.07) is 11.9. The Kier molecular flexibility index (Phi) is 5.49. The predicted octanol–water partition coefficient (Wildman–Crippen LogP) is 3.29. The molecule has 0 aliphatic carbocycles. The van der Waals surface area contributed by atoms with Crippen LogP contribution in [-0.4, -0.2) is 37.1 Å². The van der Waals surface area contributed by atoms with Crippen LogP contribution >= 0.6 is 22.6 Å². The van der Waals surface area contributed by atoms with Crippen molar-refractivity contribution in [3.63, 3.8) is 0 Å². The molecular formula is C17H16IN3O4. The number of nitro groups is 1. The quantitative estimate of drug-likeness (QED) is 0.437. The molecule has 0 unspecified atom stereocenters. The van der Waals surface area contributed by atoms with Gasteiger partial charge in [0.2, 0.25) is 0 Å². The van der Waals surface area contributed by atoms with Gasteiger partial charge in [0.05, 0.1) is 23.8 Å². The first kappa shape index (κ1) is 17.6. The van der Waals surface area contributed by atoms with E-state index in [1.807, 2.05) is 23.1 Å². The van der Waals surface area contributed by atoms with Crippen LogP contribution in [0.1, 0.15) is 10.4 Å². The minimum Gasteiger partial charge on any atom is -0.378 e. The molecular weight excluding hydrogens is 437 g/mol. The molecule has 0 radical (unpaired) electrons. The number of amides is 1. The van der Waals surface area contributed by atoms with Crippen molar-refractivity contribution in [1.29, 1.82) is 0 Å². The van der Waals surface area contributed by atoms with Crippen molar-refractivity contribution in [2.45, 2.75) is 0 Å². The summed E-state index contributed by atoms with van der Waals surface area (Å²) in [6.07, 6.45) is 0. The van der Waals surface area contributed by atoms with E-state index in [2.05, 4.69) is 27.9 Å². The van der Waals surface area contributed by atoms with Gasteiger partial charge in [-0.1, -0.05) is 12.1 Å². The number of para-hydroxylation sites is 1. The van der Waals surface area contributed by atoms with E-state index in [1.54, 1.807) is 18.2 Å². The maximum absolute atomic E-state index is 12.5. The van der Waals surface area contributed by atoms with E-state index in [1.165, 1.54) is 6.07 Å². The van der Waals surface area contributed by atoms with Gasteiger partial charge in [-0.3, -0.25) is 14.9 Å². The van der Waals surface area contributed by atoms with Crippen LogP contribution in [0, 0.1) is 13.7 Å². The number of nitro benzene ring substituents is 1. The van der Waals surface area contributed by atoms with Gasteiger partial charge in [0.25, 0.3) is 11.6 Å². The molecule has 1 fully saturated rings. The first-order valence-corrected chi connectivity index (χ1v) is 8.81. The summed E-state index contributed by atoms with van der Waals surface area (Å²) in [4.78, 5) is 25.4. The lowest BCUT2D eigenvalue weighted by molar-refractivity contribution is -0.384. The molecule has 130 valence electrons. The molecule has 1 aliphatic rings. The normalized spacial score (nSPS) is 14.2. The number of benzene rings is 2. The molecule has 1 heterocycles. The highest BCUT2D eigenvalue weighted by Gasteiger charge is 2.23. The smallest absolute Gasteiger partial charge is 0.293 e. The van der Waals surface area contributed by atoms with Gasteiger partial charge >= 0.3 is 0 Å². The number of carbonyl (C=O) groups is 1. The lowest BCUT2D eigenvalue weighted by Gasteiger charge is -2.28. The van der Waals surface area contributed by atoms with Crippen molar-refractivity contribution in [3.05, 3.63) is 61.7 Å². The Morgan fingerprint density at radius 2 is 1.92 bits per heavy atom. The number of ether oxygens (including phenoxy) is 1. The van der Waals surface area contributed by atoms with Crippen LogP contribution in [0.25, 0.3) is 0 Å². The molecule has 1 N–H and O–H groups in total. The Hall–Kier alpha value is -2.20. The maximum atomic E-state index is 12.5. The minimum atomic E-state index is -0.451. The molecule has 1 saturated heterocycles. The zero-order valence-electron chi connectivity index (χ0n) is 13.3. The van der Waals surface area contributed by atoms with Gasteiger partial charge in [0.15, 0.2) is 0 Å². The SMILES string of the molecule is O=C(Nc1ccccc1I)c1ccc(N2CCOCC2)c([N+](=O)[O-])c1. The first-order chi connectivity index (χ1) is 12.1. The molecule has 2 aromatic carbocycles. The third kappa shape index (κ3) is 4.07. The maximum Gasteiger partial charge on any atom is 0.293 e. The Bertz CT molecular complexity index is 806. The molecule has 2 aromatic rings. The van der Waals surface area contributed by atoms with E-state index >= 15 is 0 Å². The second-order valence-corrected chi connectivity index (χ2v) is 6.66. The van der Waals surface area contributed by atoms with Gasteiger partial charge in [-0.2, -0.15) is 0 Å². The van der Waals surface area contributed by atoms with Gasteiger partial charge < -0.3 is 15.0 Å². The molecule has 0 bridgehead atoms. The molecule has 3 rings (SSSR count). The fourth-order valence-corrected chi connectivity index (χ4v) is 3.16. The molecule has 0 aromatic heterocycles. The van der Waals surface area contributed by atoms with Crippen molar-refractivity contribution < 1.29 is 14.5 Å². The lowest BCUT2D eigenvalue weighted by Crippen LogP contribution is -2.36. The minimum absolute atomic E-state index is 0.0719. The third-order valence-corrected chi connectivity index (χ3v) is 4.85. The number of nitrogens with one attached hydrogen (secondary N) is 1. The number of halogens is 1. The molecule has 7 nitrogen and oxygen atoms in total. The Morgan fingerprint density at radius 1 is 1.20 bits per heavy atom. The molecule has 25 heavy (non-hydrogen) atoms. The highest BCUT2D eigenvalue weighted by atomic mass is 127. The van der Waals surface area contributed by atoms with Crippen molar-refractivity contribution in [2.75, 3.05) is 36.5 Å². The molecule has 0 atom stereocenters. The van der Waals surface area contributed by atoms with Crippen molar-refractivity contribution >= 4 is 45.6 Å². The third-order valence-electron chi connectivity index (χ3n) is 3.91. The lowest BCUT2D eigenvalue weighted by atomic mass is 10.1. The number of morpholine rings is 1. The van der Waals surface area contributed by atoms with Gasteiger partial charge in [-0.25, -0.2) is 0 Å². The van der Waals surface area contributed by atoms with Crippen molar-refractivity contribution in [2.24, 2.45) is 0 Å². The van der Waals surface area contributed by atoms with Gasteiger partial charge in [0, 0.05) is 28.3 Å². The van der Waals surface area contributed by atoms with Crippen molar-refractivity contribution in [1.82, 2.24) is 0 Å². The van der Waals surface area contributed by atoms with E-state index in [4.69, 9.17) is 4.74 Å². The number of hydrogen-bond acceptors (Lipinski definition) is 5. The average molecular weight is 453 g/mol. The Morgan fingerprint density at radius 3 is 2.60 bits per heavy atom. The second kappa shape index (κ2) is 7.79. The molecule has 0 saturated carbocycles. The summed E-state index contributed by atoms with van der Waals surface area (Å²) in [5.74, 6) is -0.374. The Balaban J connectivity index is 1.87. The zero-order chi connectivity index (χ0) is 17.8. The Labute approximate surface area is 158 Å². The number of rotatable bonds is 4. The molecule has 1 aliphatic heterocycles. The number of carbonyl (C=O) groups excluding carboxylic acids is 1. The van der Waals surface area contributed by atoms with Gasteiger partial charge in [0.1, 0.15) is 5.69 Å². The summed E-state index contributed by atoms with van der Waals surface area (Å²) in [5, 5.41) is 14.3. The molecule has 0 spiro atoms. The first-order valence-electron chi connectivity index (χ1n) is 7.73. The summed E-state index contributed by atoms with van der Waals surface area (Å²) in [6.45, 7) is 2.25. The topological polar surface area (TPSA) is 84.7 Å². The fraction of sp³-hybridized carbons (Fsp3) is 0.235. The van der Waals surface area contributed by atoms with Crippen LogP contribution in [0.3, 0.4) is 0 Å². The van der Waals surface area contributed by atoms with Gasteiger partial charge in [-0.15, -0.1) is 0 Å². The highest BCUT2D eigenvalue weighted by Crippen LogP contribution is 2.30. The molecule has 8 heteroatoms. The predicted molar refractivity (Wildman–Crippen MR) is 103 cm³/mol. The van der Waals surface area contributed by atoms with Crippen LogP contribution < -0.4 is 10.2 Å². The molecule has 1 amide bonds. The average Bonchev–Trinajstić information content (AvgIpc) is 2.63. The summed E-state index contributed by atoms with van der Waals surface area (Å²) in [7, 11) is 0. The van der Waals surface area contributed by atoms with E-state index < -0.39 is 4.92 Å². The summed E-state index contributed by atoms with van der Waals surface area (Å²) >= 11 is 2.12. The van der Waals surface area contributed by atoms with Crippen LogP contribution in [0.2, 0.25) is 0 Å². The van der Waals surface area contributed by atoms with E-state index in [9.17, 15) is 14.9 Å². The zero-order valence-corrected chi connectivity index (χ0v) is 15.4. The van der Waals surface area contributed by atoms with Crippen LogP contribution in [0.5, 0.6) is 0 Å². The van der Waals surface area contributed by atoms with E-state index in [0.29, 0.717) is 37.7 Å². The number of nitrogens with zero attached hydrogens (tertiary/aromatic N) is 2. The number of hydrogen-bond donors (Lipinski definition) is 1. The van der Waals surface area contributed by atoms with Crippen LogP contribution in [0.4, 0.5) is 17.1 Å². The standard InChI is InChI=1S/C17H16IN3O4/c18-13-3-1-2-4-14(13)19-17(22)12-5-6-15(16(11-12)21(23)24)20-7-9-25-10-8-20/h1-6,11H,7-10H2,(H,19,22). The fourth-order valence-electron chi connectivity index (χ4n) is 2.64. The van der Waals surface area contributed by atoms with Crippen molar-refractivity contribution in [3.8, 4) is 0 Å². The second-order valence-electron chi connectivity index (χ2n) is 5.49. The van der Waals surface area contributed by atoms with Crippen LogP contribution in [-0.2, 0) is 4.74 Å².